The molecule has 0 aromatic heterocycles. The molecule has 0 saturated carbocycles. The fourth-order valence-corrected chi connectivity index (χ4v) is 6.61. The van der Waals surface area contributed by atoms with E-state index in [1.54, 1.807) is 11.1 Å². The predicted octanol–water partition coefficient (Wildman–Crippen LogP) is 3.21. The Bertz CT molecular complexity index is 1580. The topological polar surface area (TPSA) is 123 Å². The number of aliphatic carboxylic acids is 1. The monoisotopic (exact) mass is 637 g/mol. The van der Waals surface area contributed by atoms with Crippen molar-refractivity contribution in [2.45, 2.75) is 37.0 Å². The van der Waals surface area contributed by atoms with Crippen molar-refractivity contribution in [1.29, 1.82) is 0 Å². The van der Waals surface area contributed by atoms with Crippen LogP contribution < -0.4 is 5.32 Å². The van der Waals surface area contributed by atoms with Crippen LogP contribution in [0.25, 0.3) is 6.08 Å². The summed E-state index contributed by atoms with van der Waals surface area (Å²) in [4.78, 5) is 57.1. The fourth-order valence-electron chi connectivity index (χ4n) is 6.61. The SMILES string of the molecule is O=C(O)CC(C(=O)N(CCc1ccccc1)N1CCNCC1)N1C(=O)C(N2C(=O)OC[C@@H]2c2ccccc2)C1C=Cc1ccccc1. The molecule has 2 N–H and O–H groups in total. The highest BCUT2D eigenvalue weighted by molar-refractivity contribution is 5.99. The number of likely N-dealkylation sites (tertiary alicyclic amines) is 1. The van der Waals surface area contributed by atoms with Crippen LogP contribution >= 0.6 is 0 Å². The number of amides is 3. The molecule has 11 heteroatoms. The number of carbonyl (C=O) groups excluding carboxylic acids is 3. The van der Waals surface area contributed by atoms with Gasteiger partial charge in [-0.3, -0.25) is 24.3 Å². The van der Waals surface area contributed by atoms with Gasteiger partial charge in [0.1, 0.15) is 18.7 Å². The van der Waals surface area contributed by atoms with Gasteiger partial charge in [-0.15, -0.1) is 0 Å². The zero-order chi connectivity index (χ0) is 32.8. The fraction of sp³-hybridized carbons (Fsp3) is 0.333. The Hall–Kier alpha value is -5.00. The minimum atomic E-state index is -1.29. The number of rotatable bonds is 12. The second-order valence-corrected chi connectivity index (χ2v) is 11.9. The number of benzene rings is 3. The Kier molecular flexibility index (Phi) is 9.94. The molecule has 0 radical (unpaired) electrons. The van der Waals surface area contributed by atoms with Crippen molar-refractivity contribution in [3.8, 4) is 0 Å². The van der Waals surface area contributed by atoms with Gasteiger partial charge < -0.3 is 20.1 Å². The summed E-state index contributed by atoms with van der Waals surface area (Å²) >= 11 is 0. The van der Waals surface area contributed by atoms with Gasteiger partial charge in [0.15, 0.2) is 0 Å². The van der Waals surface area contributed by atoms with E-state index in [1.165, 1.54) is 9.80 Å². The summed E-state index contributed by atoms with van der Waals surface area (Å²) in [7, 11) is 0. The van der Waals surface area contributed by atoms with Crippen molar-refractivity contribution in [2.24, 2.45) is 0 Å². The summed E-state index contributed by atoms with van der Waals surface area (Å²) in [5.74, 6) is -2.15. The van der Waals surface area contributed by atoms with Gasteiger partial charge in [-0.25, -0.2) is 9.80 Å². The van der Waals surface area contributed by atoms with Crippen LogP contribution in [0.1, 0.15) is 29.2 Å². The van der Waals surface area contributed by atoms with Crippen molar-refractivity contribution >= 4 is 30.0 Å². The van der Waals surface area contributed by atoms with E-state index in [9.17, 15) is 24.3 Å². The highest BCUT2D eigenvalue weighted by atomic mass is 16.6. The predicted molar refractivity (Wildman–Crippen MR) is 175 cm³/mol. The van der Waals surface area contributed by atoms with Crippen molar-refractivity contribution in [1.82, 2.24) is 25.1 Å². The molecule has 3 unspecified atom stereocenters. The summed E-state index contributed by atoms with van der Waals surface area (Å²) < 4.78 is 5.46. The zero-order valence-corrected chi connectivity index (χ0v) is 26.1. The molecule has 3 aromatic carbocycles. The third-order valence-corrected chi connectivity index (χ3v) is 8.97. The molecule has 3 heterocycles. The first-order valence-corrected chi connectivity index (χ1v) is 16.0. The molecular formula is C36H39N5O6. The van der Waals surface area contributed by atoms with E-state index in [0.717, 1.165) is 16.7 Å². The second kappa shape index (κ2) is 14.6. The number of cyclic esters (lactones) is 1. The van der Waals surface area contributed by atoms with E-state index < -0.39 is 54.5 Å². The number of β-lactam (4-membered cyclic amide) rings is 1. The molecular weight excluding hydrogens is 598 g/mol. The van der Waals surface area contributed by atoms with Crippen molar-refractivity contribution in [3.63, 3.8) is 0 Å². The first-order chi connectivity index (χ1) is 22.9. The lowest BCUT2D eigenvalue weighted by Gasteiger charge is -2.53. The number of nitrogens with zero attached hydrogens (tertiary/aromatic N) is 4. The first kappa shape index (κ1) is 32.0. The minimum absolute atomic E-state index is 0.0789. The van der Waals surface area contributed by atoms with Crippen LogP contribution in [0, 0.1) is 0 Å². The lowest BCUT2D eigenvalue weighted by Crippen LogP contribution is -2.75. The summed E-state index contributed by atoms with van der Waals surface area (Å²) in [6, 6.07) is 25.1. The van der Waals surface area contributed by atoms with E-state index in [0.29, 0.717) is 39.1 Å². The highest BCUT2D eigenvalue weighted by Crippen LogP contribution is 2.39. The lowest BCUT2D eigenvalue weighted by atomic mass is 9.87. The normalized spacial score (nSPS) is 22.2. The molecule has 0 aliphatic carbocycles. The average Bonchev–Trinajstić information content (AvgIpc) is 3.47. The van der Waals surface area contributed by atoms with E-state index in [-0.39, 0.29) is 6.61 Å². The molecule has 47 heavy (non-hydrogen) atoms. The summed E-state index contributed by atoms with van der Waals surface area (Å²) in [6.07, 6.45) is 2.98. The molecule has 3 fully saturated rings. The summed E-state index contributed by atoms with van der Waals surface area (Å²) in [5, 5.41) is 16.9. The quantitative estimate of drug-likeness (QED) is 0.291. The summed E-state index contributed by atoms with van der Waals surface area (Å²) in [6.45, 7) is 2.87. The number of ether oxygens (including phenoxy) is 1. The molecule has 244 valence electrons. The van der Waals surface area contributed by atoms with Crippen molar-refractivity contribution in [2.75, 3.05) is 39.3 Å². The smallest absolute Gasteiger partial charge is 0.411 e. The Morgan fingerprint density at radius 3 is 2.23 bits per heavy atom. The molecule has 3 aromatic rings. The molecule has 3 saturated heterocycles. The number of hydrogen-bond acceptors (Lipinski definition) is 7. The van der Waals surface area contributed by atoms with Gasteiger partial charge in [0.2, 0.25) is 5.91 Å². The maximum Gasteiger partial charge on any atom is 0.411 e. The molecule has 3 aliphatic heterocycles. The van der Waals surface area contributed by atoms with Crippen molar-refractivity contribution in [3.05, 3.63) is 114 Å². The average molecular weight is 638 g/mol. The molecule has 0 spiro atoms. The number of carboxylic acid groups (broad SMARTS) is 1. The lowest BCUT2D eigenvalue weighted by molar-refractivity contribution is -0.175. The van der Waals surface area contributed by atoms with Gasteiger partial charge in [-0.05, 0) is 23.1 Å². The Morgan fingerprint density at radius 1 is 0.936 bits per heavy atom. The Balaban J connectivity index is 1.35. The largest absolute Gasteiger partial charge is 0.481 e. The number of nitrogens with one attached hydrogen (secondary N) is 1. The second-order valence-electron chi connectivity index (χ2n) is 11.9. The molecule has 3 amide bonds. The van der Waals surface area contributed by atoms with Crippen LogP contribution in [0.4, 0.5) is 4.79 Å². The van der Waals surface area contributed by atoms with E-state index in [2.05, 4.69) is 5.32 Å². The van der Waals surface area contributed by atoms with E-state index in [4.69, 9.17) is 4.74 Å². The van der Waals surface area contributed by atoms with Gasteiger partial charge in [0, 0.05) is 32.7 Å². The molecule has 4 atom stereocenters. The molecule has 11 nitrogen and oxygen atoms in total. The minimum Gasteiger partial charge on any atom is -0.481 e. The number of carboxylic acids is 1. The van der Waals surface area contributed by atoms with Gasteiger partial charge in [-0.2, -0.15) is 0 Å². The maximum absolute atomic E-state index is 14.6. The van der Waals surface area contributed by atoms with Crippen LogP contribution in [-0.2, 0) is 25.5 Å². The summed E-state index contributed by atoms with van der Waals surface area (Å²) in [5.41, 5.74) is 2.72. The van der Waals surface area contributed by atoms with Gasteiger partial charge in [0.05, 0.1) is 18.5 Å². The molecule has 3 aliphatic rings. The van der Waals surface area contributed by atoms with E-state index >= 15 is 0 Å². The molecule has 6 rings (SSSR count). The number of hydrogen-bond donors (Lipinski definition) is 2. The zero-order valence-electron chi connectivity index (χ0n) is 26.1. The van der Waals surface area contributed by atoms with Crippen LogP contribution in [0.3, 0.4) is 0 Å². The highest BCUT2D eigenvalue weighted by Gasteiger charge is 2.58. The Labute approximate surface area is 274 Å². The third kappa shape index (κ3) is 7.06. The van der Waals surface area contributed by atoms with Crippen LogP contribution in [-0.4, -0.2) is 106 Å². The van der Waals surface area contributed by atoms with Crippen LogP contribution in [0.15, 0.2) is 97.1 Å². The van der Waals surface area contributed by atoms with Gasteiger partial charge >= 0.3 is 12.1 Å². The Morgan fingerprint density at radius 2 is 1.57 bits per heavy atom. The van der Waals surface area contributed by atoms with Crippen LogP contribution in [0.5, 0.6) is 0 Å². The number of piperazine rings is 1. The van der Waals surface area contributed by atoms with E-state index in [1.807, 2.05) is 102 Å². The number of hydrazine groups is 1. The number of carbonyl (C=O) groups is 4. The third-order valence-electron chi connectivity index (χ3n) is 8.97. The first-order valence-electron chi connectivity index (χ1n) is 16.0. The van der Waals surface area contributed by atoms with Gasteiger partial charge in [0.25, 0.3) is 5.91 Å². The maximum atomic E-state index is 14.6. The van der Waals surface area contributed by atoms with Crippen molar-refractivity contribution < 1.29 is 29.0 Å². The molecule has 0 bridgehead atoms. The standard InChI is InChI=1S/C36H39N5O6/c42-32(43)24-30(34(44)39(38-22-19-37-20-23-38)21-18-27-12-6-2-7-13-27)40-29(17-16-26-10-4-1-5-11-26)33(35(40)45)41-31(25-47-36(41)46)28-14-8-3-9-15-28/h1-17,29-31,33,37H,18-25H2,(H,42,43)/t29?,30?,31-,33?/m1/s1. The van der Waals surface area contributed by atoms with Crippen LogP contribution in [0.2, 0.25) is 0 Å². The van der Waals surface area contributed by atoms with Gasteiger partial charge in [-0.1, -0.05) is 103 Å².